The lowest BCUT2D eigenvalue weighted by atomic mass is 9.99. The molecule has 1 aromatic carbocycles. The Morgan fingerprint density at radius 1 is 1.15 bits per heavy atom. The highest BCUT2D eigenvalue weighted by Gasteiger charge is 2.20. The van der Waals surface area contributed by atoms with Crippen molar-refractivity contribution >= 4 is 11.9 Å². The van der Waals surface area contributed by atoms with Gasteiger partial charge in [0.1, 0.15) is 0 Å². The maximum absolute atomic E-state index is 12.0. The van der Waals surface area contributed by atoms with E-state index in [1.165, 1.54) is 0 Å². The van der Waals surface area contributed by atoms with Gasteiger partial charge in [0.2, 0.25) is 0 Å². The average molecular weight is 278 g/mol. The fourth-order valence-corrected chi connectivity index (χ4v) is 2.18. The summed E-state index contributed by atoms with van der Waals surface area (Å²) in [6.07, 6.45) is 4.06. The van der Waals surface area contributed by atoms with E-state index in [1.54, 1.807) is 19.1 Å². The van der Waals surface area contributed by atoms with Crippen molar-refractivity contribution in [2.24, 2.45) is 0 Å². The van der Waals surface area contributed by atoms with Crippen LogP contribution in [0.5, 0.6) is 0 Å². The van der Waals surface area contributed by atoms with E-state index in [4.69, 9.17) is 4.74 Å². The highest BCUT2D eigenvalue weighted by molar-refractivity contribution is 6.03. The zero-order valence-electron chi connectivity index (χ0n) is 12.4. The summed E-state index contributed by atoms with van der Waals surface area (Å²) in [6.45, 7) is 5.97. The predicted molar refractivity (Wildman–Crippen MR) is 77.3 cm³/mol. The van der Waals surface area contributed by atoms with Crippen molar-refractivity contribution in [3.8, 4) is 0 Å². The molecule has 1 N–H and O–H groups in total. The van der Waals surface area contributed by atoms with Gasteiger partial charge < -0.3 is 9.84 Å². The van der Waals surface area contributed by atoms with Crippen molar-refractivity contribution in [2.45, 2.75) is 46.5 Å². The number of hydrogen-bond donors (Lipinski definition) is 1. The number of hydrogen-bond acceptors (Lipinski definition) is 3. The number of unbranched alkanes of at least 4 members (excludes halogenated alkanes) is 3. The van der Waals surface area contributed by atoms with Crippen LogP contribution in [-0.2, 0) is 4.74 Å². The smallest absolute Gasteiger partial charge is 0.339 e. The van der Waals surface area contributed by atoms with Gasteiger partial charge >= 0.3 is 11.9 Å². The standard InChI is InChI=1S/C16H22O4/c1-4-5-6-7-8-20-16(19)13-10-11(2)9-12(3)14(13)15(17)18/h9-10H,4-8H2,1-3H3,(H,17,18). The number of carboxylic acids is 1. The van der Waals surface area contributed by atoms with E-state index in [0.717, 1.165) is 31.2 Å². The molecule has 0 fully saturated rings. The van der Waals surface area contributed by atoms with Gasteiger partial charge in [-0.05, 0) is 37.5 Å². The van der Waals surface area contributed by atoms with Crippen molar-refractivity contribution in [1.82, 2.24) is 0 Å². The molecular formula is C16H22O4. The number of aromatic carboxylic acids is 1. The van der Waals surface area contributed by atoms with Crippen molar-refractivity contribution in [3.63, 3.8) is 0 Å². The van der Waals surface area contributed by atoms with Gasteiger partial charge in [-0.1, -0.05) is 32.3 Å². The molecule has 110 valence electrons. The molecule has 4 nitrogen and oxygen atoms in total. The molecule has 1 rings (SSSR count). The lowest BCUT2D eigenvalue weighted by Gasteiger charge is -2.10. The topological polar surface area (TPSA) is 63.6 Å². The molecule has 0 unspecified atom stereocenters. The van der Waals surface area contributed by atoms with Crippen LogP contribution in [-0.4, -0.2) is 23.7 Å². The van der Waals surface area contributed by atoms with Crippen LogP contribution >= 0.6 is 0 Å². The van der Waals surface area contributed by atoms with Gasteiger partial charge in [-0.25, -0.2) is 9.59 Å². The summed E-state index contributed by atoms with van der Waals surface area (Å²) >= 11 is 0. The Morgan fingerprint density at radius 2 is 1.85 bits per heavy atom. The van der Waals surface area contributed by atoms with Crippen LogP contribution in [0.4, 0.5) is 0 Å². The van der Waals surface area contributed by atoms with Crippen LogP contribution in [0.3, 0.4) is 0 Å². The molecular weight excluding hydrogens is 256 g/mol. The second-order valence-electron chi connectivity index (χ2n) is 5.01. The minimum atomic E-state index is -1.10. The van der Waals surface area contributed by atoms with E-state index in [-0.39, 0.29) is 11.1 Å². The van der Waals surface area contributed by atoms with Gasteiger partial charge in [0.05, 0.1) is 17.7 Å². The molecule has 0 spiro atoms. The molecule has 20 heavy (non-hydrogen) atoms. The molecule has 0 aliphatic carbocycles. The fraction of sp³-hybridized carbons (Fsp3) is 0.500. The highest BCUT2D eigenvalue weighted by atomic mass is 16.5. The molecule has 0 radical (unpaired) electrons. The maximum Gasteiger partial charge on any atom is 0.339 e. The van der Waals surface area contributed by atoms with E-state index in [2.05, 4.69) is 6.92 Å². The van der Waals surface area contributed by atoms with Gasteiger partial charge in [0.15, 0.2) is 0 Å². The molecule has 0 aromatic heterocycles. The zero-order chi connectivity index (χ0) is 15.1. The van der Waals surface area contributed by atoms with Crippen molar-refractivity contribution in [2.75, 3.05) is 6.61 Å². The minimum absolute atomic E-state index is 0.0363. The second kappa shape index (κ2) is 7.68. The SMILES string of the molecule is CCCCCCOC(=O)c1cc(C)cc(C)c1C(=O)O. The third kappa shape index (κ3) is 4.37. The number of rotatable bonds is 7. The Bertz CT molecular complexity index is 491. The Balaban J connectivity index is 2.79. The van der Waals surface area contributed by atoms with Crippen molar-refractivity contribution in [1.29, 1.82) is 0 Å². The Morgan fingerprint density at radius 3 is 2.45 bits per heavy atom. The molecule has 1 aromatic rings. The second-order valence-corrected chi connectivity index (χ2v) is 5.01. The first-order chi connectivity index (χ1) is 9.47. The van der Waals surface area contributed by atoms with Gasteiger partial charge in [-0.2, -0.15) is 0 Å². The first-order valence-corrected chi connectivity index (χ1v) is 6.99. The largest absolute Gasteiger partial charge is 0.478 e. The lowest BCUT2D eigenvalue weighted by molar-refractivity contribution is 0.0487. The van der Waals surface area contributed by atoms with Gasteiger partial charge in [0, 0.05) is 0 Å². The summed E-state index contributed by atoms with van der Waals surface area (Å²) < 4.78 is 5.17. The summed E-state index contributed by atoms with van der Waals surface area (Å²) in [6, 6.07) is 3.33. The van der Waals surface area contributed by atoms with Crippen LogP contribution in [0.25, 0.3) is 0 Å². The average Bonchev–Trinajstić information content (AvgIpc) is 2.36. The third-order valence-corrected chi connectivity index (χ3v) is 3.14. The predicted octanol–water partition coefficient (Wildman–Crippen LogP) is 3.74. The number of carbonyl (C=O) groups excluding carboxylic acids is 1. The van der Waals surface area contributed by atoms with Crippen LogP contribution in [0.1, 0.15) is 64.4 Å². The van der Waals surface area contributed by atoms with E-state index < -0.39 is 11.9 Å². The van der Waals surface area contributed by atoms with Crippen LogP contribution in [0.2, 0.25) is 0 Å². The monoisotopic (exact) mass is 278 g/mol. The highest BCUT2D eigenvalue weighted by Crippen LogP contribution is 2.18. The Labute approximate surface area is 119 Å². The summed E-state index contributed by atoms with van der Waals surface area (Å²) in [7, 11) is 0. The van der Waals surface area contributed by atoms with E-state index in [0.29, 0.717) is 12.2 Å². The number of esters is 1. The molecule has 0 aliphatic rings. The maximum atomic E-state index is 12.0. The van der Waals surface area contributed by atoms with Gasteiger partial charge in [0.25, 0.3) is 0 Å². The van der Waals surface area contributed by atoms with Crippen LogP contribution < -0.4 is 0 Å². The van der Waals surface area contributed by atoms with Crippen molar-refractivity contribution in [3.05, 3.63) is 34.4 Å². The Kier molecular flexibility index (Phi) is 6.22. The van der Waals surface area contributed by atoms with Gasteiger partial charge in [-0.3, -0.25) is 0 Å². The molecule has 4 heteroatoms. The fourth-order valence-electron chi connectivity index (χ4n) is 2.18. The molecule has 0 aliphatic heterocycles. The molecule has 0 amide bonds. The first-order valence-electron chi connectivity index (χ1n) is 6.99. The zero-order valence-corrected chi connectivity index (χ0v) is 12.4. The number of ether oxygens (including phenoxy) is 1. The third-order valence-electron chi connectivity index (χ3n) is 3.14. The van der Waals surface area contributed by atoms with Gasteiger partial charge in [-0.15, -0.1) is 0 Å². The summed E-state index contributed by atoms with van der Waals surface area (Å²) in [4.78, 5) is 23.3. The van der Waals surface area contributed by atoms with Crippen molar-refractivity contribution < 1.29 is 19.4 Å². The number of carbonyl (C=O) groups is 2. The number of carboxylic acid groups (broad SMARTS) is 1. The normalized spacial score (nSPS) is 10.3. The number of benzene rings is 1. The summed E-state index contributed by atoms with van der Waals surface area (Å²) in [5.41, 5.74) is 1.61. The van der Waals surface area contributed by atoms with E-state index >= 15 is 0 Å². The number of aryl methyl sites for hydroxylation is 2. The lowest BCUT2D eigenvalue weighted by Crippen LogP contribution is -2.14. The van der Waals surface area contributed by atoms with Crippen LogP contribution in [0.15, 0.2) is 12.1 Å². The molecule has 0 atom stereocenters. The molecule has 0 bridgehead atoms. The van der Waals surface area contributed by atoms with E-state index in [9.17, 15) is 14.7 Å². The summed E-state index contributed by atoms with van der Waals surface area (Å²) in [5.74, 6) is -1.65. The quantitative estimate of drug-likeness (QED) is 0.609. The summed E-state index contributed by atoms with van der Waals surface area (Å²) in [5, 5.41) is 9.22. The molecule has 0 heterocycles. The minimum Gasteiger partial charge on any atom is -0.478 e. The van der Waals surface area contributed by atoms with Crippen LogP contribution in [0, 0.1) is 13.8 Å². The van der Waals surface area contributed by atoms with E-state index in [1.807, 2.05) is 6.92 Å². The molecule has 0 saturated carbocycles. The first kappa shape index (κ1) is 16.2. The molecule has 0 saturated heterocycles. The Hall–Kier alpha value is -1.84.